The zero-order valence-electron chi connectivity index (χ0n) is 24.8. The zero-order chi connectivity index (χ0) is 30.3. The standard InChI is InChI=1S/C31H45F2NO6S/c1-7-27(4)14-22(28(5)16(2)13-31-21(36)10-11-30(31,25(28)31)17(3)24(27)38)40-23(37)15-41-20-9-8-18(12-19(20)35)34-26(39)29(6,32)33/h7,16-20,22,24-25,35,38H,1,8-15H2,2-6H3,(H,34,39). The van der Waals surface area contributed by atoms with Gasteiger partial charge in [0.25, 0.3) is 5.91 Å². The number of Topliss-reactive ketones (excluding diaryl/α,β-unsaturated/α-hetero) is 1. The summed E-state index contributed by atoms with van der Waals surface area (Å²) in [4.78, 5) is 38.4. The number of carbonyl (C=O) groups excluding carboxylic acids is 3. The lowest BCUT2D eigenvalue weighted by Gasteiger charge is -2.51. The Morgan fingerprint density at radius 3 is 2.51 bits per heavy atom. The van der Waals surface area contributed by atoms with E-state index in [0.717, 1.165) is 12.8 Å². The highest BCUT2D eigenvalue weighted by Crippen LogP contribution is 2.91. The summed E-state index contributed by atoms with van der Waals surface area (Å²) in [5, 5.41) is 24.3. The number of carbonyl (C=O) groups is 3. The summed E-state index contributed by atoms with van der Waals surface area (Å²) in [5.41, 5.74) is -1.86. The number of thioether (sulfide) groups is 1. The van der Waals surface area contributed by atoms with Crippen molar-refractivity contribution in [3.63, 3.8) is 0 Å². The van der Waals surface area contributed by atoms with Gasteiger partial charge in [-0.15, -0.1) is 18.3 Å². The highest BCUT2D eigenvalue weighted by Gasteiger charge is 2.92. The molecule has 10 heteroatoms. The Hall–Kier alpha value is -1.52. The van der Waals surface area contributed by atoms with Crippen LogP contribution in [0.1, 0.15) is 79.6 Å². The number of nitrogens with one attached hydrogen (secondary N) is 1. The molecule has 3 N–H and O–H groups in total. The Balaban J connectivity index is 1.29. The Bertz CT molecular complexity index is 1130. The lowest BCUT2D eigenvalue weighted by atomic mass is 9.57. The number of aliphatic hydroxyl groups is 2. The molecule has 230 valence electrons. The van der Waals surface area contributed by atoms with Crippen LogP contribution in [0.25, 0.3) is 0 Å². The fourth-order valence-electron chi connectivity index (χ4n) is 9.94. The van der Waals surface area contributed by atoms with Crippen molar-refractivity contribution in [2.75, 3.05) is 5.75 Å². The first-order valence-corrected chi connectivity index (χ1v) is 16.1. The first kappa shape index (κ1) is 30.9. The fourth-order valence-corrected chi connectivity index (χ4v) is 11.0. The largest absolute Gasteiger partial charge is 0.461 e. The number of halogens is 2. The van der Waals surface area contributed by atoms with Gasteiger partial charge in [-0.25, -0.2) is 0 Å². The van der Waals surface area contributed by atoms with Crippen LogP contribution in [0.3, 0.4) is 0 Å². The smallest absolute Gasteiger partial charge is 0.321 e. The van der Waals surface area contributed by atoms with Crippen LogP contribution in [-0.4, -0.2) is 69.2 Å². The van der Waals surface area contributed by atoms with Crippen molar-refractivity contribution >= 4 is 29.4 Å². The molecule has 2 spiro atoms. The van der Waals surface area contributed by atoms with Crippen LogP contribution in [-0.2, 0) is 19.1 Å². The van der Waals surface area contributed by atoms with E-state index >= 15 is 0 Å². The van der Waals surface area contributed by atoms with Crippen molar-refractivity contribution in [2.45, 2.75) is 115 Å². The van der Waals surface area contributed by atoms with Gasteiger partial charge in [0, 0.05) is 40.9 Å². The minimum atomic E-state index is -3.48. The Morgan fingerprint density at radius 2 is 1.90 bits per heavy atom. The number of aliphatic hydroxyl groups excluding tert-OH is 2. The van der Waals surface area contributed by atoms with E-state index in [2.05, 4.69) is 32.7 Å². The second-order valence-corrected chi connectivity index (χ2v) is 15.5. The third kappa shape index (κ3) is 4.35. The van der Waals surface area contributed by atoms with Crippen LogP contribution in [0.15, 0.2) is 12.7 Å². The van der Waals surface area contributed by atoms with E-state index in [1.54, 1.807) is 6.08 Å². The Labute approximate surface area is 245 Å². The van der Waals surface area contributed by atoms with E-state index in [-0.39, 0.29) is 40.6 Å². The predicted octanol–water partition coefficient (Wildman–Crippen LogP) is 4.29. The predicted molar refractivity (Wildman–Crippen MR) is 151 cm³/mol. The van der Waals surface area contributed by atoms with Crippen LogP contribution >= 0.6 is 11.8 Å². The quantitative estimate of drug-likeness (QED) is 0.297. The summed E-state index contributed by atoms with van der Waals surface area (Å²) in [6.07, 6.45) is 3.18. The molecule has 0 radical (unpaired) electrons. The normalized spacial score (nSPS) is 48.9. The maximum Gasteiger partial charge on any atom is 0.321 e. The van der Waals surface area contributed by atoms with Gasteiger partial charge in [0.05, 0.1) is 18.0 Å². The third-order valence-corrected chi connectivity index (χ3v) is 13.6. The second kappa shape index (κ2) is 10.0. The van der Waals surface area contributed by atoms with E-state index in [1.807, 2.05) is 6.92 Å². The number of hydrogen-bond donors (Lipinski definition) is 3. The molecule has 7 nitrogen and oxygen atoms in total. The number of alkyl halides is 2. The maximum atomic E-state index is 13.4. The molecule has 0 aromatic rings. The van der Waals surface area contributed by atoms with Crippen LogP contribution in [0.4, 0.5) is 8.78 Å². The van der Waals surface area contributed by atoms with Gasteiger partial charge >= 0.3 is 11.9 Å². The highest BCUT2D eigenvalue weighted by atomic mass is 32.2. The van der Waals surface area contributed by atoms with Gasteiger partial charge in [-0.05, 0) is 61.7 Å². The van der Waals surface area contributed by atoms with E-state index in [0.29, 0.717) is 38.4 Å². The highest BCUT2D eigenvalue weighted by molar-refractivity contribution is 8.00. The van der Waals surface area contributed by atoms with Crippen molar-refractivity contribution in [3.8, 4) is 0 Å². The monoisotopic (exact) mass is 597 g/mol. The summed E-state index contributed by atoms with van der Waals surface area (Å²) in [6.45, 7) is 13.0. The lowest BCUT2D eigenvalue weighted by Crippen LogP contribution is -2.53. The second-order valence-electron chi connectivity index (χ2n) is 14.3. The molecule has 5 aliphatic rings. The molecule has 0 bridgehead atoms. The van der Waals surface area contributed by atoms with Gasteiger partial charge in [0.15, 0.2) is 0 Å². The molecule has 12 atom stereocenters. The van der Waals surface area contributed by atoms with E-state index in [4.69, 9.17) is 4.74 Å². The first-order valence-electron chi connectivity index (χ1n) is 15.0. The lowest BCUT2D eigenvalue weighted by molar-refractivity contribution is -0.168. The summed E-state index contributed by atoms with van der Waals surface area (Å²) in [6, 6.07) is -0.545. The third-order valence-electron chi connectivity index (χ3n) is 12.3. The van der Waals surface area contributed by atoms with Crippen molar-refractivity contribution in [2.24, 2.45) is 39.4 Å². The summed E-state index contributed by atoms with van der Waals surface area (Å²) in [5.74, 6) is -4.80. The van der Waals surface area contributed by atoms with E-state index < -0.39 is 58.4 Å². The van der Waals surface area contributed by atoms with E-state index in [1.165, 1.54) is 11.8 Å². The number of esters is 1. The molecule has 0 aromatic heterocycles. The molecule has 5 aliphatic carbocycles. The Kier molecular flexibility index (Phi) is 7.55. The molecule has 0 aliphatic heterocycles. The maximum absolute atomic E-state index is 13.4. The minimum Gasteiger partial charge on any atom is -0.461 e. The molecule has 0 aromatic carbocycles. The van der Waals surface area contributed by atoms with Crippen molar-refractivity contribution in [3.05, 3.63) is 12.7 Å². The summed E-state index contributed by atoms with van der Waals surface area (Å²) in [7, 11) is 0. The molecule has 5 saturated carbocycles. The van der Waals surface area contributed by atoms with Crippen molar-refractivity contribution in [1.29, 1.82) is 0 Å². The van der Waals surface area contributed by atoms with Gasteiger partial charge in [-0.2, -0.15) is 8.78 Å². The topological polar surface area (TPSA) is 113 Å². The fraction of sp³-hybridized carbons (Fsp3) is 0.839. The molecule has 0 heterocycles. The van der Waals surface area contributed by atoms with Crippen LogP contribution in [0, 0.1) is 39.4 Å². The van der Waals surface area contributed by atoms with Crippen molar-refractivity contribution in [1.82, 2.24) is 5.32 Å². The van der Waals surface area contributed by atoms with E-state index in [9.17, 15) is 33.4 Å². The summed E-state index contributed by atoms with van der Waals surface area (Å²) >= 11 is 1.28. The Morgan fingerprint density at radius 1 is 1.22 bits per heavy atom. The minimum absolute atomic E-state index is 0.0103. The SMILES string of the molecule is C=CC1(C)CC(OC(=O)CSC2CCC(NC(=O)C(C)(F)F)CC2O)C2(C)C(C)CC34C(=O)CCC3(C(C)C1O)C24. The average Bonchev–Trinajstić information content (AvgIpc) is 3.27. The molecular formula is C31H45F2NO6S. The molecule has 1 amide bonds. The van der Waals surface area contributed by atoms with Crippen LogP contribution < -0.4 is 5.32 Å². The van der Waals surface area contributed by atoms with Gasteiger partial charge in [-0.1, -0.05) is 33.8 Å². The van der Waals surface area contributed by atoms with Gasteiger partial charge in [0.2, 0.25) is 0 Å². The molecule has 5 fully saturated rings. The zero-order valence-corrected chi connectivity index (χ0v) is 25.6. The van der Waals surface area contributed by atoms with Gasteiger partial charge < -0.3 is 20.3 Å². The molecule has 12 unspecified atom stereocenters. The van der Waals surface area contributed by atoms with Crippen LogP contribution in [0.5, 0.6) is 0 Å². The van der Waals surface area contributed by atoms with Crippen LogP contribution in [0.2, 0.25) is 0 Å². The molecule has 41 heavy (non-hydrogen) atoms. The molecule has 5 rings (SSSR count). The number of ether oxygens (including phenoxy) is 1. The van der Waals surface area contributed by atoms with Gasteiger partial charge in [-0.3, -0.25) is 14.4 Å². The van der Waals surface area contributed by atoms with Gasteiger partial charge in [0.1, 0.15) is 11.9 Å². The first-order chi connectivity index (χ1) is 19.0. The number of ketones is 1. The number of amides is 1. The average molecular weight is 598 g/mol. The number of rotatable bonds is 7. The van der Waals surface area contributed by atoms with Crippen molar-refractivity contribution < 1.29 is 38.1 Å². The molecule has 0 saturated heterocycles. The summed E-state index contributed by atoms with van der Waals surface area (Å²) < 4.78 is 32.8. The number of hydrogen-bond acceptors (Lipinski definition) is 7. The molecular weight excluding hydrogens is 552 g/mol.